The van der Waals surface area contributed by atoms with Crippen LogP contribution in [0.3, 0.4) is 0 Å². The molecule has 2 N–H and O–H groups in total. The summed E-state index contributed by atoms with van der Waals surface area (Å²) in [5.41, 5.74) is 0.320. The zero-order chi connectivity index (χ0) is 14.4. The Kier molecular flexibility index (Phi) is 4.93. The van der Waals surface area contributed by atoms with Gasteiger partial charge < -0.3 is 10.4 Å². The van der Waals surface area contributed by atoms with Gasteiger partial charge in [0.05, 0.1) is 5.41 Å². The van der Waals surface area contributed by atoms with Gasteiger partial charge in [-0.3, -0.25) is 4.79 Å². The largest absolute Gasteiger partial charge is 0.481 e. The van der Waals surface area contributed by atoms with Gasteiger partial charge in [0.2, 0.25) is 0 Å². The number of carboxylic acid groups (broad SMARTS) is 1. The maximum absolute atomic E-state index is 11.7. The standard InChI is InChI=1S/C15H23N3O2/c1-2-12-9-13(18-11-17-12)16-10-15(14(19)20)7-5-3-4-6-8-15/h9,11H,2-8,10H2,1H3,(H,19,20)(H,16,17,18). The maximum Gasteiger partial charge on any atom is 0.311 e. The van der Waals surface area contributed by atoms with Gasteiger partial charge in [0.1, 0.15) is 12.1 Å². The number of nitrogens with one attached hydrogen (secondary N) is 1. The highest BCUT2D eigenvalue weighted by atomic mass is 16.4. The highest BCUT2D eigenvalue weighted by Gasteiger charge is 2.38. The Balaban J connectivity index is 2.06. The molecule has 5 heteroatoms. The van der Waals surface area contributed by atoms with Gasteiger partial charge in [-0.25, -0.2) is 9.97 Å². The van der Waals surface area contributed by atoms with E-state index in [9.17, 15) is 9.90 Å². The molecule has 1 saturated carbocycles. The molecule has 110 valence electrons. The zero-order valence-electron chi connectivity index (χ0n) is 12.1. The number of aliphatic carboxylic acids is 1. The van der Waals surface area contributed by atoms with E-state index < -0.39 is 11.4 Å². The molecule has 0 bridgehead atoms. The van der Waals surface area contributed by atoms with E-state index in [-0.39, 0.29) is 0 Å². The van der Waals surface area contributed by atoms with Gasteiger partial charge in [-0.1, -0.05) is 32.6 Å². The van der Waals surface area contributed by atoms with Gasteiger partial charge in [-0.15, -0.1) is 0 Å². The fourth-order valence-corrected chi connectivity index (χ4v) is 2.82. The van der Waals surface area contributed by atoms with Crippen LogP contribution in [0, 0.1) is 5.41 Å². The Morgan fingerprint density at radius 1 is 1.30 bits per heavy atom. The lowest BCUT2D eigenvalue weighted by atomic mass is 9.80. The molecule has 0 saturated heterocycles. The van der Waals surface area contributed by atoms with Gasteiger partial charge in [0, 0.05) is 18.3 Å². The van der Waals surface area contributed by atoms with E-state index in [1.807, 2.05) is 13.0 Å². The highest BCUT2D eigenvalue weighted by molar-refractivity contribution is 5.75. The molecule has 0 spiro atoms. The molecule has 20 heavy (non-hydrogen) atoms. The molecule has 0 amide bonds. The molecule has 1 aromatic heterocycles. The van der Waals surface area contributed by atoms with E-state index in [0.29, 0.717) is 6.54 Å². The third kappa shape index (κ3) is 3.46. The van der Waals surface area contributed by atoms with Crippen LogP contribution >= 0.6 is 0 Å². The average molecular weight is 277 g/mol. The summed E-state index contributed by atoms with van der Waals surface area (Å²) in [6, 6.07) is 1.90. The van der Waals surface area contributed by atoms with Crippen molar-refractivity contribution in [3.8, 4) is 0 Å². The van der Waals surface area contributed by atoms with Gasteiger partial charge >= 0.3 is 5.97 Å². The predicted molar refractivity (Wildman–Crippen MR) is 77.7 cm³/mol. The lowest BCUT2D eigenvalue weighted by Gasteiger charge is -2.28. The molecule has 0 atom stereocenters. The van der Waals surface area contributed by atoms with E-state index in [1.165, 1.54) is 6.33 Å². The van der Waals surface area contributed by atoms with Crippen LogP contribution in [0.1, 0.15) is 51.1 Å². The highest BCUT2D eigenvalue weighted by Crippen LogP contribution is 2.35. The van der Waals surface area contributed by atoms with Crippen LogP contribution < -0.4 is 5.32 Å². The Labute approximate surface area is 119 Å². The first-order valence-corrected chi connectivity index (χ1v) is 7.44. The molecule has 1 fully saturated rings. The molecule has 1 aromatic rings. The summed E-state index contributed by atoms with van der Waals surface area (Å²) in [6.45, 7) is 2.48. The van der Waals surface area contributed by atoms with Crippen molar-refractivity contribution in [3.63, 3.8) is 0 Å². The fraction of sp³-hybridized carbons (Fsp3) is 0.667. The van der Waals surface area contributed by atoms with Crippen LogP contribution in [0.15, 0.2) is 12.4 Å². The number of hydrogen-bond donors (Lipinski definition) is 2. The van der Waals surface area contributed by atoms with Crippen LogP contribution in [0.2, 0.25) is 0 Å². The quantitative estimate of drug-likeness (QED) is 0.809. The van der Waals surface area contributed by atoms with E-state index >= 15 is 0 Å². The normalized spacial score (nSPS) is 18.2. The molecule has 1 aliphatic carbocycles. The molecular formula is C15H23N3O2. The minimum Gasteiger partial charge on any atom is -0.481 e. The summed E-state index contributed by atoms with van der Waals surface area (Å²) >= 11 is 0. The molecular weight excluding hydrogens is 254 g/mol. The number of aromatic nitrogens is 2. The van der Waals surface area contributed by atoms with Crippen molar-refractivity contribution < 1.29 is 9.90 Å². The first-order chi connectivity index (χ1) is 9.66. The van der Waals surface area contributed by atoms with Gasteiger partial charge in [-0.05, 0) is 19.3 Å². The van der Waals surface area contributed by atoms with Crippen molar-refractivity contribution in [1.82, 2.24) is 9.97 Å². The van der Waals surface area contributed by atoms with Crippen molar-refractivity contribution in [1.29, 1.82) is 0 Å². The van der Waals surface area contributed by atoms with E-state index in [0.717, 1.165) is 56.5 Å². The van der Waals surface area contributed by atoms with Gasteiger partial charge in [-0.2, -0.15) is 0 Å². The summed E-state index contributed by atoms with van der Waals surface area (Å²) in [6.07, 6.45) is 8.16. The summed E-state index contributed by atoms with van der Waals surface area (Å²) in [5, 5.41) is 12.8. The lowest BCUT2D eigenvalue weighted by Crippen LogP contribution is -2.37. The molecule has 0 aliphatic heterocycles. The topological polar surface area (TPSA) is 75.1 Å². The number of carboxylic acids is 1. The second-order valence-corrected chi connectivity index (χ2v) is 5.60. The van der Waals surface area contributed by atoms with Gasteiger partial charge in [0.25, 0.3) is 0 Å². The first kappa shape index (κ1) is 14.8. The summed E-state index contributed by atoms with van der Waals surface area (Å²) < 4.78 is 0. The van der Waals surface area contributed by atoms with E-state index in [4.69, 9.17) is 0 Å². The summed E-state index contributed by atoms with van der Waals surface area (Å²) in [7, 11) is 0. The monoisotopic (exact) mass is 277 g/mol. The van der Waals surface area contributed by atoms with E-state index in [2.05, 4.69) is 15.3 Å². The van der Waals surface area contributed by atoms with Crippen molar-refractivity contribution >= 4 is 11.8 Å². The third-order valence-corrected chi connectivity index (χ3v) is 4.21. The average Bonchev–Trinajstić information content (AvgIpc) is 2.72. The molecule has 0 radical (unpaired) electrons. The van der Waals surface area contributed by atoms with Crippen molar-refractivity contribution in [2.75, 3.05) is 11.9 Å². The second kappa shape index (κ2) is 6.68. The SMILES string of the molecule is CCc1cc(NCC2(C(=O)O)CCCCCC2)ncn1. The first-order valence-electron chi connectivity index (χ1n) is 7.44. The fourth-order valence-electron chi connectivity index (χ4n) is 2.82. The van der Waals surface area contributed by atoms with Crippen LogP contribution in [-0.2, 0) is 11.2 Å². The minimum absolute atomic E-state index is 0.447. The van der Waals surface area contributed by atoms with Crippen molar-refractivity contribution in [2.45, 2.75) is 51.9 Å². The third-order valence-electron chi connectivity index (χ3n) is 4.21. The van der Waals surface area contributed by atoms with Crippen molar-refractivity contribution in [2.24, 2.45) is 5.41 Å². The molecule has 5 nitrogen and oxygen atoms in total. The van der Waals surface area contributed by atoms with Crippen molar-refractivity contribution in [3.05, 3.63) is 18.1 Å². The molecule has 2 rings (SSSR count). The van der Waals surface area contributed by atoms with Crippen LogP contribution in [0.5, 0.6) is 0 Å². The minimum atomic E-state index is -0.684. The van der Waals surface area contributed by atoms with Crippen LogP contribution in [0.4, 0.5) is 5.82 Å². The number of rotatable bonds is 5. The number of hydrogen-bond acceptors (Lipinski definition) is 4. The number of nitrogens with zero attached hydrogens (tertiary/aromatic N) is 2. The number of aryl methyl sites for hydroxylation is 1. The lowest BCUT2D eigenvalue weighted by molar-refractivity contribution is -0.149. The van der Waals surface area contributed by atoms with E-state index in [1.54, 1.807) is 0 Å². The van der Waals surface area contributed by atoms with Gasteiger partial charge in [0.15, 0.2) is 0 Å². The molecule has 0 unspecified atom stereocenters. The number of anilines is 1. The van der Waals surface area contributed by atoms with Crippen LogP contribution in [0.25, 0.3) is 0 Å². The molecule has 1 heterocycles. The zero-order valence-corrected chi connectivity index (χ0v) is 12.1. The molecule has 0 aromatic carbocycles. The maximum atomic E-state index is 11.7. The van der Waals surface area contributed by atoms with Crippen LogP contribution in [-0.4, -0.2) is 27.6 Å². The number of carbonyl (C=O) groups is 1. The summed E-state index contributed by atoms with van der Waals surface area (Å²) in [5.74, 6) is 0.0402. The summed E-state index contributed by atoms with van der Waals surface area (Å²) in [4.78, 5) is 20.0. The predicted octanol–water partition coefficient (Wildman–Crippen LogP) is 2.88. The smallest absolute Gasteiger partial charge is 0.311 e. The Morgan fingerprint density at radius 2 is 2.00 bits per heavy atom. The second-order valence-electron chi connectivity index (χ2n) is 5.60. The Hall–Kier alpha value is -1.65. The molecule has 1 aliphatic rings. The Bertz CT molecular complexity index is 454. The Morgan fingerprint density at radius 3 is 2.60 bits per heavy atom.